The lowest BCUT2D eigenvalue weighted by Crippen LogP contribution is -2.38. The van der Waals surface area contributed by atoms with E-state index in [-0.39, 0.29) is 12.5 Å². The maximum absolute atomic E-state index is 11.7. The number of carbonyl (C=O) groups is 1. The van der Waals surface area contributed by atoms with Crippen molar-refractivity contribution in [2.45, 2.75) is 26.4 Å². The molecule has 1 aromatic carbocycles. The van der Waals surface area contributed by atoms with Crippen molar-refractivity contribution in [3.05, 3.63) is 34.3 Å². The molecule has 0 spiro atoms. The van der Waals surface area contributed by atoms with Crippen molar-refractivity contribution < 1.29 is 9.90 Å². The number of nitrogens with one attached hydrogen (secondary N) is 1. The van der Waals surface area contributed by atoms with Gasteiger partial charge in [-0.05, 0) is 38.5 Å². The van der Waals surface area contributed by atoms with Crippen LogP contribution in [0, 0.1) is 6.92 Å². The van der Waals surface area contributed by atoms with Crippen LogP contribution in [0.15, 0.2) is 18.2 Å². The van der Waals surface area contributed by atoms with E-state index in [1.807, 2.05) is 6.92 Å². The molecule has 0 aliphatic rings. The van der Waals surface area contributed by atoms with Crippen LogP contribution in [0.2, 0.25) is 5.02 Å². The van der Waals surface area contributed by atoms with Crippen molar-refractivity contribution in [1.82, 2.24) is 5.32 Å². The van der Waals surface area contributed by atoms with E-state index in [4.69, 9.17) is 11.6 Å². The second-order valence-electron chi connectivity index (χ2n) is 4.46. The number of carbonyl (C=O) groups excluding carboxylic acids is 1. The first kappa shape index (κ1) is 13.0. The fourth-order valence-corrected chi connectivity index (χ4v) is 1.31. The Labute approximate surface area is 100 Å². The average Bonchev–Trinajstić information content (AvgIpc) is 2.17. The van der Waals surface area contributed by atoms with Crippen LogP contribution < -0.4 is 5.32 Å². The van der Waals surface area contributed by atoms with Crippen LogP contribution >= 0.6 is 11.6 Å². The highest BCUT2D eigenvalue weighted by Gasteiger charge is 2.15. The van der Waals surface area contributed by atoms with Gasteiger partial charge in [0.05, 0.1) is 5.60 Å². The van der Waals surface area contributed by atoms with E-state index in [0.29, 0.717) is 10.6 Å². The standard InChI is InChI=1S/C12H16ClNO2/c1-8-4-5-9(6-10(8)13)11(15)14-7-12(2,3)16/h4-6,16H,7H2,1-3H3,(H,14,15). The molecule has 0 fully saturated rings. The van der Waals surface area contributed by atoms with Gasteiger partial charge in [0.25, 0.3) is 5.91 Å². The van der Waals surface area contributed by atoms with E-state index in [9.17, 15) is 9.90 Å². The first-order valence-corrected chi connectivity index (χ1v) is 5.44. The molecule has 16 heavy (non-hydrogen) atoms. The van der Waals surface area contributed by atoms with Gasteiger partial charge in [-0.15, -0.1) is 0 Å². The molecule has 0 bridgehead atoms. The molecular weight excluding hydrogens is 226 g/mol. The summed E-state index contributed by atoms with van der Waals surface area (Å²) in [6.07, 6.45) is 0. The number of amides is 1. The molecule has 0 aromatic heterocycles. The molecule has 0 heterocycles. The topological polar surface area (TPSA) is 49.3 Å². The second-order valence-corrected chi connectivity index (χ2v) is 4.87. The molecule has 88 valence electrons. The summed E-state index contributed by atoms with van der Waals surface area (Å²) in [4.78, 5) is 11.7. The Morgan fingerprint density at radius 1 is 1.50 bits per heavy atom. The number of halogens is 1. The third kappa shape index (κ3) is 3.83. The Morgan fingerprint density at radius 2 is 2.12 bits per heavy atom. The zero-order chi connectivity index (χ0) is 12.3. The second kappa shape index (κ2) is 4.85. The maximum Gasteiger partial charge on any atom is 0.251 e. The van der Waals surface area contributed by atoms with Crippen LogP contribution in [0.5, 0.6) is 0 Å². The van der Waals surface area contributed by atoms with Crippen LogP contribution in [0.1, 0.15) is 29.8 Å². The van der Waals surface area contributed by atoms with Crippen molar-refractivity contribution in [2.75, 3.05) is 6.54 Å². The largest absolute Gasteiger partial charge is 0.389 e. The summed E-state index contributed by atoms with van der Waals surface area (Å²) in [7, 11) is 0. The Hall–Kier alpha value is -1.06. The molecule has 0 radical (unpaired) electrons. The minimum Gasteiger partial charge on any atom is -0.389 e. The highest BCUT2D eigenvalue weighted by molar-refractivity contribution is 6.31. The van der Waals surface area contributed by atoms with Crippen LogP contribution in [0.4, 0.5) is 0 Å². The van der Waals surface area contributed by atoms with Crippen molar-refractivity contribution in [1.29, 1.82) is 0 Å². The number of benzene rings is 1. The Morgan fingerprint density at radius 3 is 2.62 bits per heavy atom. The first-order chi connectivity index (χ1) is 7.29. The first-order valence-electron chi connectivity index (χ1n) is 5.06. The molecule has 4 heteroatoms. The van der Waals surface area contributed by atoms with Gasteiger partial charge in [-0.1, -0.05) is 17.7 Å². The molecular formula is C12H16ClNO2. The number of hydrogen-bond acceptors (Lipinski definition) is 2. The molecule has 0 saturated carbocycles. The van der Waals surface area contributed by atoms with E-state index in [2.05, 4.69) is 5.32 Å². The molecule has 1 rings (SSSR count). The third-order valence-electron chi connectivity index (χ3n) is 2.12. The van der Waals surface area contributed by atoms with Gasteiger partial charge in [0.15, 0.2) is 0 Å². The summed E-state index contributed by atoms with van der Waals surface area (Å²) in [5, 5.41) is 12.7. The Balaban J connectivity index is 2.70. The molecule has 0 atom stereocenters. The van der Waals surface area contributed by atoms with E-state index in [0.717, 1.165) is 5.56 Å². The average molecular weight is 242 g/mol. The molecule has 1 amide bonds. The van der Waals surface area contributed by atoms with Gasteiger partial charge in [-0.25, -0.2) is 0 Å². The maximum atomic E-state index is 11.7. The SMILES string of the molecule is Cc1ccc(C(=O)NCC(C)(C)O)cc1Cl. The summed E-state index contributed by atoms with van der Waals surface area (Å²) in [6, 6.07) is 5.12. The number of rotatable bonds is 3. The fourth-order valence-electron chi connectivity index (χ4n) is 1.13. The highest BCUT2D eigenvalue weighted by atomic mass is 35.5. The van der Waals surface area contributed by atoms with E-state index >= 15 is 0 Å². The van der Waals surface area contributed by atoms with Gasteiger partial charge in [-0.3, -0.25) is 4.79 Å². The Bertz CT molecular complexity index is 396. The van der Waals surface area contributed by atoms with Gasteiger partial charge in [-0.2, -0.15) is 0 Å². The van der Waals surface area contributed by atoms with Gasteiger partial charge >= 0.3 is 0 Å². The lowest BCUT2D eigenvalue weighted by Gasteiger charge is -2.17. The van der Waals surface area contributed by atoms with Gasteiger partial charge in [0, 0.05) is 17.1 Å². The quantitative estimate of drug-likeness (QED) is 0.852. The number of aryl methyl sites for hydroxylation is 1. The normalized spacial score (nSPS) is 11.3. The van der Waals surface area contributed by atoms with E-state index in [1.54, 1.807) is 32.0 Å². The van der Waals surface area contributed by atoms with E-state index in [1.165, 1.54) is 0 Å². The lowest BCUT2D eigenvalue weighted by atomic mass is 10.1. The highest BCUT2D eigenvalue weighted by Crippen LogP contribution is 2.16. The molecule has 0 aliphatic heterocycles. The minimum absolute atomic E-state index is 0.206. The van der Waals surface area contributed by atoms with Crippen LogP contribution in [0.3, 0.4) is 0 Å². The van der Waals surface area contributed by atoms with Crippen molar-refractivity contribution >= 4 is 17.5 Å². The predicted molar refractivity (Wildman–Crippen MR) is 64.8 cm³/mol. The van der Waals surface area contributed by atoms with Crippen LogP contribution in [-0.4, -0.2) is 23.2 Å². The van der Waals surface area contributed by atoms with Gasteiger partial charge in [0.1, 0.15) is 0 Å². The van der Waals surface area contributed by atoms with E-state index < -0.39 is 5.60 Å². The zero-order valence-corrected chi connectivity index (χ0v) is 10.4. The molecule has 0 saturated heterocycles. The zero-order valence-electron chi connectivity index (χ0n) is 9.67. The lowest BCUT2D eigenvalue weighted by molar-refractivity contribution is 0.0694. The minimum atomic E-state index is -0.913. The number of hydrogen-bond donors (Lipinski definition) is 2. The van der Waals surface area contributed by atoms with Gasteiger partial charge < -0.3 is 10.4 Å². The molecule has 0 aliphatic carbocycles. The fraction of sp³-hybridized carbons (Fsp3) is 0.417. The molecule has 1 aromatic rings. The smallest absolute Gasteiger partial charge is 0.251 e. The van der Waals surface area contributed by atoms with Crippen LogP contribution in [0.25, 0.3) is 0 Å². The Kier molecular flexibility index (Phi) is 3.94. The summed E-state index contributed by atoms with van der Waals surface area (Å²) < 4.78 is 0. The van der Waals surface area contributed by atoms with Gasteiger partial charge in [0.2, 0.25) is 0 Å². The summed E-state index contributed by atoms with van der Waals surface area (Å²) in [6.45, 7) is 5.35. The summed E-state index contributed by atoms with van der Waals surface area (Å²) in [5.41, 5.74) is 0.519. The van der Waals surface area contributed by atoms with Crippen LogP contribution in [-0.2, 0) is 0 Å². The van der Waals surface area contributed by atoms with Crippen molar-refractivity contribution in [3.8, 4) is 0 Å². The monoisotopic (exact) mass is 241 g/mol. The van der Waals surface area contributed by atoms with Crippen molar-refractivity contribution in [3.63, 3.8) is 0 Å². The molecule has 2 N–H and O–H groups in total. The predicted octanol–water partition coefficient (Wildman–Crippen LogP) is 2.15. The third-order valence-corrected chi connectivity index (χ3v) is 2.52. The van der Waals surface area contributed by atoms with Crippen molar-refractivity contribution in [2.24, 2.45) is 0 Å². The summed E-state index contributed by atoms with van der Waals surface area (Å²) >= 11 is 5.92. The molecule has 0 unspecified atom stereocenters. The number of aliphatic hydroxyl groups is 1. The summed E-state index contributed by atoms with van der Waals surface area (Å²) in [5.74, 6) is -0.232. The molecule has 3 nitrogen and oxygen atoms in total.